The predicted octanol–water partition coefficient (Wildman–Crippen LogP) is 1.49. The minimum atomic E-state index is 0.174. The van der Waals surface area contributed by atoms with Crippen LogP contribution in [0.1, 0.15) is 17.5 Å². The zero-order chi connectivity index (χ0) is 16.8. The maximum Gasteiger partial charge on any atom is 0.237 e. The zero-order valence-electron chi connectivity index (χ0n) is 13.6. The number of aromatic nitrogens is 2. The van der Waals surface area contributed by atoms with Gasteiger partial charge in [0.05, 0.1) is 24.5 Å². The summed E-state index contributed by atoms with van der Waals surface area (Å²) in [6, 6.07) is 9.54. The monoisotopic (exact) mass is 323 g/mol. The van der Waals surface area contributed by atoms with E-state index in [1.54, 1.807) is 18.3 Å². The molecule has 1 aromatic carbocycles. The molecule has 0 aliphatic carbocycles. The van der Waals surface area contributed by atoms with E-state index in [1.807, 2.05) is 29.6 Å². The van der Waals surface area contributed by atoms with Gasteiger partial charge >= 0.3 is 0 Å². The van der Waals surface area contributed by atoms with E-state index in [1.165, 1.54) is 0 Å². The number of piperazine rings is 1. The molecular formula is C18H21N5O. The molecule has 0 saturated carbocycles. The standard InChI is InChI=1S/C18H21N5O/c19-12-16-2-4-17(5-3-16)13-23-11-10-21(14-18(23)24)7-1-8-22-9-6-20-15-22/h2-6,9,15H,1,7-8,10-11,13-14H2. The van der Waals surface area contributed by atoms with E-state index in [0.29, 0.717) is 18.7 Å². The Morgan fingerprint density at radius 3 is 2.67 bits per heavy atom. The van der Waals surface area contributed by atoms with Crippen LogP contribution in [-0.2, 0) is 17.9 Å². The second-order valence-corrected chi connectivity index (χ2v) is 6.05. The quantitative estimate of drug-likeness (QED) is 0.808. The lowest BCUT2D eigenvalue weighted by Gasteiger charge is -2.34. The molecule has 2 heterocycles. The van der Waals surface area contributed by atoms with Gasteiger partial charge in [-0.2, -0.15) is 5.26 Å². The Bertz CT molecular complexity index is 702. The summed E-state index contributed by atoms with van der Waals surface area (Å²) in [5, 5.41) is 8.83. The normalized spacial score (nSPS) is 15.5. The van der Waals surface area contributed by atoms with Crippen molar-refractivity contribution in [2.24, 2.45) is 0 Å². The van der Waals surface area contributed by atoms with E-state index in [-0.39, 0.29) is 5.91 Å². The van der Waals surface area contributed by atoms with Crippen molar-refractivity contribution in [1.29, 1.82) is 5.26 Å². The molecule has 6 heteroatoms. The van der Waals surface area contributed by atoms with Crippen LogP contribution in [0.4, 0.5) is 0 Å². The summed E-state index contributed by atoms with van der Waals surface area (Å²) in [5.74, 6) is 0.174. The van der Waals surface area contributed by atoms with Crippen LogP contribution < -0.4 is 0 Å². The van der Waals surface area contributed by atoms with Crippen LogP contribution in [-0.4, -0.2) is 51.4 Å². The lowest BCUT2D eigenvalue weighted by Crippen LogP contribution is -2.50. The highest BCUT2D eigenvalue weighted by molar-refractivity contribution is 5.79. The maximum atomic E-state index is 12.3. The molecule has 1 saturated heterocycles. The van der Waals surface area contributed by atoms with Crippen LogP contribution in [0.2, 0.25) is 0 Å². The van der Waals surface area contributed by atoms with Crippen molar-refractivity contribution in [3.05, 3.63) is 54.1 Å². The Kier molecular flexibility index (Phi) is 5.24. The third-order valence-electron chi connectivity index (χ3n) is 4.30. The first-order valence-electron chi connectivity index (χ1n) is 8.19. The van der Waals surface area contributed by atoms with E-state index in [4.69, 9.17) is 5.26 Å². The minimum absolute atomic E-state index is 0.174. The SMILES string of the molecule is N#Cc1ccc(CN2CCN(CCCn3ccnc3)CC2=O)cc1. The van der Waals surface area contributed by atoms with Crippen LogP contribution in [0, 0.1) is 11.3 Å². The number of hydrogen-bond donors (Lipinski definition) is 0. The fraction of sp³-hybridized carbons (Fsp3) is 0.389. The highest BCUT2D eigenvalue weighted by Gasteiger charge is 2.23. The van der Waals surface area contributed by atoms with Gasteiger partial charge in [0.1, 0.15) is 0 Å². The molecule has 0 N–H and O–H groups in total. The Morgan fingerprint density at radius 2 is 2.00 bits per heavy atom. The van der Waals surface area contributed by atoms with Gasteiger partial charge in [-0.15, -0.1) is 0 Å². The molecular weight excluding hydrogens is 302 g/mol. The molecule has 24 heavy (non-hydrogen) atoms. The van der Waals surface area contributed by atoms with Crippen molar-refractivity contribution in [3.8, 4) is 6.07 Å². The van der Waals surface area contributed by atoms with Crippen molar-refractivity contribution < 1.29 is 4.79 Å². The average molecular weight is 323 g/mol. The Balaban J connectivity index is 1.44. The number of benzene rings is 1. The van der Waals surface area contributed by atoms with Crippen LogP contribution >= 0.6 is 0 Å². The van der Waals surface area contributed by atoms with Crippen LogP contribution in [0.25, 0.3) is 0 Å². The summed E-state index contributed by atoms with van der Waals surface area (Å²) in [4.78, 5) is 20.5. The molecule has 1 aromatic heterocycles. The number of nitriles is 1. The summed E-state index contributed by atoms with van der Waals surface area (Å²) in [6.45, 7) is 4.62. The number of carbonyl (C=O) groups excluding carboxylic acids is 1. The number of amides is 1. The third-order valence-corrected chi connectivity index (χ3v) is 4.30. The molecule has 0 spiro atoms. The molecule has 124 valence electrons. The number of hydrogen-bond acceptors (Lipinski definition) is 4. The fourth-order valence-corrected chi connectivity index (χ4v) is 2.92. The molecule has 1 aliphatic heterocycles. The number of imidazole rings is 1. The Morgan fingerprint density at radius 1 is 1.17 bits per heavy atom. The molecule has 1 aliphatic rings. The van der Waals surface area contributed by atoms with Gasteiger partial charge in [0.25, 0.3) is 0 Å². The number of aryl methyl sites for hydroxylation is 1. The Hall–Kier alpha value is -2.65. The third kappa shape index (κ3) is 4.21. The van der Waals surface area contributed by atoms with E-state index in [9.17, 15) is 4.79 Å². The largest absolute Gasteiger partial charge is 0.337 e. The first-order chi connectivity index (χ1) is 11.7. The van der Waals surface area contributed by atoms with Gasteiger partial charge in [0, 0.05) is 45.1 Å². The van der Waals surface area contributed by atoms with E-state index >= 15 is 0 Å². The summed E-state index contributed by atoms with van der Waals surface area (Å²) in [6.07, 6.45) is 6.58. The molecule has 0 atom stereocenters. The van der Waals surface area contributed by atoms with Crippen LogP contribution in [0.5, 0.6) is 0 Å². The van der Waals surface area contributed by atoms with Crippen molar-refractivity contribution >= 4 is 5.91 Å². The smallest absolute Gasteiger partial charge is 0.237 e. The predicted molar refractivity (Wildman–Crippen MR) is 89.9 cm³/mol. The van der Waals surface area contributed by atoms with Crippen molar-refractivity contribution in [1.82, 2.24) is 19.4 Å². The maximum absolute atomic E-state index is 12.3. The highest BCUT2D eigenvalue weighted by atomic mass is 16.2. The van der Waals surface area contributed by atoms with Crippen molar-refractivity contribution in [2.45, 2.75) is 19.5 Å². The second-order valence-electron chi connectivity index (χ2n) is 6.05. The number of rotatable bonds is 6. The molecule has 0 unspecified atom stereocenters. The van der Waals surface area contributed by atoms with Crippen molar-refractivity contribution in [2.75, 3.05) is 26.2 Å². The lowest BCUT2D eigenvalue weighted by molar-refractivity contribution is -0.136. The van der Waals surface area contributed by atoms with Gasteiger partial charge in [-0.3, -0.25) is 9.69 Å². The van der Waals surface area contributed by atoms with Gasteiger partial charge in [-0.25, -0.2) is 4.98 Å². The van der Waals surface area contributed by atoms with Crippen LogP contribution in [0.3, 0.4) is 0 Å². The van der Waals surface area contributed by atoms with E-state index in [0.717, 1.165) is 38.2 Å². The lowest BCUT2D eigenvalue weighted by atomic mass is 10.1. The van der Waals surface area contributed by atoms with Gasteiger partial charge in [-0.1, -0.05) is 12.1 Å². The van der Waals surface area contributed by atoms with Gasteiger partial charge in [0.15, 0.2) is 0 Å². The van der Waals surface area contributed by atoms with Gasteiger partial charge in [0.2, 0.25) is 5.91 Å². The first kappa shape index (κ1) is 16.2. The average Bonchev–Trinajstić information content (AvgIpc) is 3.11. The van der Waals surface area contributed by atoms with Gasteiger partial charge in [-0.05, 0) is 24.1 Å². The second kappa shape index (κ2) is 7.75. The van der Waals surface area contributed by atoms with Crippen LogP contribution in [0.15, 0.2) is 43.0 Å². The zero-order valence-corrected chi connectivity index (χ0v) is 13.6. The topological polar surface area (TPSA) is 65.2 Å². The molecule has 3 rings (SSSR count). The molecule has 2 aromatic rings. The molecule has 0 radical (unpaired) electrons. The summed E-state index contributed by atoms with van der Waals surface area (Å²) >= 11 is 0. The Labute approximate surface area is 141 Å². The highest BCUT2D eigenvalue weighted by Crippen LogP contribution is 2.11. The summed E-state index contributed by atoms with van der Waals surface area (Å²) < 4.78 is 2.06. The molecule has 1 amide bonds. The van der Waals surface area contributed by atoms with Gasteiger partial charge < -0.3 is 9.47 Å². The molecule has 0 bridgehead atoms. The number of carbonyl (C=O) groups is 1. The summed E-state index contributed by atoms with van der Waals surface area (Å²) in [7, 11) is 0. The first-order valence-corrected chi connectivity index (χ1v) is 8.19. The fourth-order valence-electron chi connectivity index (χ4n) is 2.92. The minimum Gasteiger partial charge on any atom is -0.337 e. The summed E-state index contributed by atoms with van der Waals surface area (Å²) in [5.41, 5.74) is 1.71. The van der Waals surface area contributed by atoms with Crippen molar-refractivity contribution in [3.63, 3.8) is 0 Å². The number of nitrogens with zero attached hydrogens (tertiary/aromatic N) is 5. The van der Waals surface area contributed by atoms with E-state index < -0.39 is 0 Å². The molecule has 1 fully saturated rings. The van der Waals surface area contributed by atoms with E-state index in [2.05, 4.69) is 20.5 Å². The molecule has 6 nitrogen and oxygen atoms in total.